The number of hydrogen-bond donors (Lipinski definition) is 0. The largest absolute Gasteiger partial charge is 0.462 e. The van der Waals surface area contributed by atoms with E-state index in [9.17, 15) is 17.6 Å². The predicted octanol–water partition coefficient (Wildman–Crippen LogP) is 4.24. The molecule has 0 aliphatic heterocycles. The first-order chi connectivity index (χ1) is 12.2. The summed E-state index contributed by atoms with van der Waals surface area (Å²) < 4.78 is 45.6. The van der Waals surface area contributed by atoms with Gasteiger partial charge in [-0.3, -0.25) is 0 Å². The zero-order valence-corrected chi connectivity index (χ0v) is 17.2. The van der Waals surface area contributed by atoms with Crippen molar-refractivity contribution in [3.05, 3.63) is 62.8 Å². The second-order valence-corrected chi connectivity index (χ2v) is 8.60. The highest BCUT2D eigenvalue weighted by molar-refractivity contribution is 9.10. The Kier molecular flexibility index (Phi) is 6.79. The highest BCUT2D eigenvalue weighted by Gasteiger charge is 2.26. The van der Waals surface area contributed by atoms with E-state index in [-0.39, 0.29) is 38.7 Å². The Morgan fingerprint density at radius 1 is 1.31 bits per heavy atom. The van der Waals surface area contributed by atoms with E-state index in [4.69, 9.17) is 16.3 Å². The number of ether oxygens (including phenoxy) is 1. The van der Waals surface area contributed by atoms with E-state index < -0.39 is 21.8 Å². The van der Waals surface area contributed by atoms with Crippen LogP contribution >= 0.6 is 27.5 Å². The van der Waals surface area contributed by atoms with Crippen LogP contribution < -0.4 is 0 Å². The van der Waals surface area contributed by atoms with Crippen molar-refractivity contribution in [3.63, 3.8) is 0 Å². The topological polar surface area (TPSA) is 63.7 Å². The minimum absolute atomic E-state index is 0.0551. The first-order valence-electron chi connectivity index (χ1n) is 7.54. The molecule has 0 amide bonds. The van der Waals surface area contributed by atoms with Gasteiger partial charge in [0, 0.05) is 28.7 Å². The molecule has 0 saturated heterocycles. The molecule has 2 aromatic rings. The molecule has 140 valence electrons. The molecule has 5 nitrogen and oxygen atoms in total. The predicted molar refractivity (Wildman–Crippen MR) is 100 cm³/mol. The van der Waals surface area contributed by atoms with Gasteiger partial charge >= 0.3 is 5.97 Å². The van der Waals surface area contributed by atoms with Crippen LogP contribution in [0.2, 0.25) is 5.02 Å². The van der Waals surface area contributed by atoms with Crippen LogP contribution in [0.4, 0.5) is 4.39 Å². The molecule has 0 bridgehead atoms. The molecule has 0 fully saturated rings. The maximum Gasteiger partial charge on any atom is 0.338 e. The van der Waals surface area contributed by atoms with E-state index in [1.54, 1.807) is 6.92 Å². The van der Waals surface area contributed by atoms with Crippen molar-refractivity contribution in [3.8, 4) is 0 Å². The normalized spacial score (nSPS) is 11.6. The van der Waals surface area contributed by atoms with E-state index in [0.717, 1.165) is 4.31 Å². The van der Waals surface area contributed by atoms with Gasteiger partial charge in [0.15, 0.2) is 0 Å². The fraction of sp³-hybridized carbons (Fsp3) is 0.235. The number of rotatable bonds is 6. The monoisotopic (exact) mass is 463 g/mol. The number of nitrogens with zero attached hydrogens (tertiary/aromatic N) is 1. The molecule has 0 N–H and O–H groups in total. The van der Waals surface area contributed by atoms with Crippen LogP contribution in [0.15, 0.2) is 45.8 Å². The molecule has 26 heavy (non-hydrogen) atoms. The molecule has 0 unspecified atom stereocenters. The number of carbonyl (C=O) groups is 1. The van der Waals surface area contributed by atoms with E-state index in [1.807, 2.05) is 0 Å². The van der Waals surface area contributed by atoms with Gasteiger partial charge in [-0.15, -0.1) is 0 Å². The van der Waals surface area contributed by atoms with Gasteiger partial charge < -0.3 is 4.74 Å². The van der Waals surface area contributed by atoms with Crippen LogP contribution in [0.5, 0.6) is 0 Å². The van der Waals surface area contributed by atoms with E-state index in [0.29, 0.717) is 0 Å². The van der Waals surface area contributed by atoms with Gasteiger partial charge in [-0.05, 0) is 53.2 Å². The lowest BCUT2D eigenvalue weighted by Crippen LogP contribution is -2.27. The molecule has 0 atom stereocenters. The average Bonchev–Trinajstić information content (AvgIpc) is 2.57. The Bertz CT molecular complexity index is 916. The first-order valence-corrected chi connectivity index (χ1v) is 10.2. The molecule has 0 aliphatic carbocycles. The van der Waals surface area contributed by atoms with Crippen LogP contribution in [-0.4, -0.2) is 32.3 Å². The Labute approximate surface area is 164 Å². The highest BCUT2D eigenvalue weighted by Crippen LogP contribution is 2.28. The summed E-state index contributed by atoms with van der Waals surface area (Å²) in [5.74, 6) is -1.14. The molecular formula is C17H16BrClFNO4S. The lowest BCUT2D eigenvalue weighted by molar-refractivity contribution is 0.0526. The summed E-state index contributed by atoms with van der Waals surface area (Å²) in [6.07, 6.45) is 0. The summed E-state index contributed by atoms with van der Waals surface area (Å²) >= 11 is 9.14. The molecule has 9 heteroatoms. The minimum atomic E-state index is -3.95. The number of sulfonamides is 1. The summed E-state index contributed by atoms with van der Waals surface area (Å²) in [7, 11) is -2.62. The molecule has 2 rings (SSSR count). The molecule has 0 saturated carbocycles. The molecule has 0 heterocycles. The Morgan fingerprint density at radius 3 is 2.58 bits per heavy atom. The summed E-state index contributed by atoms with van der Waals surface area (Å²) in [4.78, 5) is 11.7. The van der Waals surface area contributed by atoms with Crippen LogP contribution in [0.1, 0.15) is 22.8 Å². The van der Waals surface area contributed by atoms with Crippen molar-refractivity contribution in [2.75, 3.05) is 13.7 Å². The molecule has 0 aliphatic rings. The molecule has 2 aromatic carbocycles. The Balaban J connectivity index is 2.33. The zero-order valence-electron chi connectivity index (χ0n) is 14.0. The second kappa shape index (κ2) is 8.47. The second-order valence-electron chi connectivity index (χ2n) is 5.33. The average molecular weight is 465 g/mol. The third kappa shape index (κ3) is 4.43. The van der Waals surface area contributed by atoms with Crippen LogP contribution in [0.3, 0.4) is 0 Å². The van der Waals surface area contributed by atoms with E-state index in [1.165, 1.54) is 43.4 Å². The van der Waals surface area contributed by atoms with E-state index in [2.05, 4.69) is 15.9 Å². The summed E-state index contributed by atoms with van der Waals surface area (Å²) in [5.41, 5.74) is 0.303. The van der Waals surface area contributed by atoms with Crippen LogP contribution in [-0.2, 0) is 21.3 Å². The molecule has 0 spiro atoms. The van der Waals surface area contributed by atoms with Gasteiger partial charge in [0.1, 0.15) is 5.82 Å². The lowest BCUT2D eigenvalue weighted by atomic mass is 10.2. The molecule has 0 aromatic heterocycles. The smallest absolute Gasteiger partial charge is 0.338 e. The van der Waals surface area contributed by atoms with Crippen molar-refractivity contribution in [1.29, 1.82) is 0 Å². The Hall–Kier alpha value is -1.48. The number of esters is 1. The van der Waals surface area contributed by atoms with Crippen LogP contribution in [0, 0.1) is 5.82 Å². The number of benzene rings is 2. The van der Waals surface area contributed by atoms with Crippen molar-refractivity contribution in [1.82, 2.24) is 4.31 Å². The zero-order chi connectivity index (χ0) is 19.5. The van der Waals surface area contributed by atoms with Gasteiger partial charge in [-0.25, -0.2) is 17.6 Å². The van der Waals surface area contributed by atoms with Crippen molar-refractivity contribution < 1.29 is 22.3 Å². The van der Waals surface area contributed by atoms with Gasteiger partial charge in [0.05, 0.1) is 17.1 Å². The number of halogens is 3. The van der Waals surface area contributed by atoms with Gasteiger partial charge in [0.25, 0.3) is 0 Å². The lowest BCUT2D eigenvalue weighted by Gasteiger charge is -2.19. The maximum atomic E-state index is 13.9. The molecular weight excluding hydrogens is 449 g/mol. The van der Waals surface area contributed by atoms with Crippen molar-refractivity contribution in [2.45, 2.75) is 18.4 Å². The van der Waals surface area contributed by atoms with Gasteiger partial charge in [-0.1, -0.05) is 17.7 Å². The van der Waals surface area contributed by atoms with E-state index >= 15 is 0 Å². The van der Waals surface area contributed by atoms with Gasteiger partial charge in [0.2, 0.25) is 10.0 Å². The van der Waals surface area contributed by atoms with Crippen LogP contribution in [0.25, 0.3) is 0 Å². The highest BCUT2D eigenvalue weighted by atomic mass is 79.9. The standard InChI is InChI=1S/C17H16BrClFNO4S/c1-3-25-17(22)11-7-8-16(13(18)9-11)26(23,24)21(2)10-12-14(19)5-4-6-15(12)20/h4-9H,3,10H2,1-2H3. The fourth-order valence-electron chi connectivity index (χ4n) is 2.21. The van der Waals surface area contributed by atoms with Crippen molar-refractivity contribution in [2.24, 2.45) is 0 Å². The summed E-state index contributed by atoms with van der Waals surface area (Å²) in [5, 5.41) is 0.142. The third-order valence-electron chi connectivity index (χ3n) is 3.57. The maximum absolute atomic E-state index is 13.9. The summed E-state index contributed by atoms with van der Waals surface area (Å²) in [6, 6.07) is 8.18. The third-order valence-corrected chi connectivity index (χ3v) is 6.71. The molecule has 0 radical (unpaired) electrons. The van der Waals surface area contributed by atoms with Crippen molar-refractivity contribution >= 4 is 43.5 Å². The van der Waals surface area contributed by atoms with Gasteiger partial charge in [-0.2, -0.15) is 4.31 Å². The number of carbonyl (C=O) groups excluding carboxylic acids is 1. The first kappa shape index (κ1) is 20.8. The summed E-state index contributed by atoms with van der Waals surface area (Å²) in [6.45, 7) is 1.65. The SMILES string of the molecule is CCOC(=O)c1ccc(S(=O)(=O)N(C)Cc2c(F)cccc2Cl)c(Br)c1. The quantitative estimate of drug-likeness (QED) is 0.600. The Morgan fingerprint density at radius 2 is 2.00 bits per heavy atom. The minimum Gasteiger partial charge on any atom is -0.462 e. The fourth-order valence-corrected chi connectivity index (χ4v) is 4.61. The number of hydrogen-bond acceptors (Lipinski definition) is 4.